The summed E-state index contributed by atoms with van der Waals surface area (Å²) in [6, 6.07) is 8.68. The van der Waals surface area contributed by atoms with Gasteiger partial charge in [0.1, 0.15) is 0 Å². The van der Waals surface area contributed by atoms with Gasteiger partial charge in [0.15, 0.2) is 0 Å². The summed E-state index contributed by atoms with van der Waals surface area (Å²) >= 11 is -0.967. The van der Waals surface area contributed by atoms with Crippen LogP contribution in [0.2, 0.25) is 13.3 Å². The van der Waals surface area contributed by atoms with E-state index in [2.05, 4.69) is 26.7 Å². The van der Waals surface area contributed by atoms with E-state index in [1.165, 1.54) is 38.5 Å². The maximum absolute atomic E-state index is 10.3. The van der Waals surface area contributed by atoms with Crippen molar-refractivity contribution in [2.75, 3.05) is 0 Å². The molecule has 0 saturated carbocycles. The number of unbranched alkanes of at least 4 members (excludes halogenated alkanes) is 3. The molecule has 1 aromatic rings. The summed E-state index contributed by atoms with van der Waals surface area (Å²) in [5, 5.41) is 0. The van der Waals surface area contributed by atoms with Gasteiger partial charge >= 0.3 is 100.0 Å². The van der Waals surface area contributed by atoms with Crippen molar-refractivity contribution >= 4 is 27.4 Å². The monoisotopic (exact) mass is 474 g/mol. The van der Waals surface area contributed by atoms with Crippen LogP contribution in [0.1, 0.15) is 64.9 Å². The molecule has 0 radical (unpaired) electrons. The zero-order valence-corrected chi connectivity index (χ0v) is 20.3. The van der Waals surface area contributed by atoms with Gasteiger partial charge in [-0.05, 0) is 12.1 Å². The maximum atomic E-state index is 10.3. The normalized spacial score (nSPS) is 10.6. The SMILES string of the molecule is CCC[CH2][SnH]([CH2]CCC)[CH2]CCC.O=P(O)(O)C#Cc1ccccc1. The molecule has 0 amide bonds. The molecular formula is C20H35O3PSn. The fourth-order valence-corrected chi connectivity index (χ4v) is 13.8. The largest absolute Gasteiger partial charge is 0.400 e. The van der Waals surface area contributed by atoms with Crippen molar-refractivity contribution in [2.45, 2.75) is 72.6 Å². The van der Waals surface area contributed by atoms with E-state index in [-0.39, 0.29) is 0 Å². The summed E-state index contributed by atoms with van der Waals surface area (Å²) in [5.74, 6) is 2.37. The van der Waals surface area contributed by atoms with Crippen molar-refractivity contribution in [3.8, 4) is 11.6 Å². The topological polar surface area (TPSA) is 57.5 Å². The van der Waals surface area contributed by atoms with E-state index in [4.69, 9.17) is 9.79 Å². The second kappa shape index (κ2) is 15.9. The Morgan fingerprint density at radius 1 is 0.880 bits per heavy atom. The molecule has 0 bridgehead atoms. The molecule has 0 aromatic heterocycles. The van der Waals surface area contributed by atoms with Crippen molar-refractivity contribution in [1.29, 1.82) is 0 Å². The van der Waals surface area contributed by atoms with Gasteiger partial charge in [-0.3, -0.25) is 0 Å². The molecule has 0 atom stereocenters. The molecule has 0 heterocycles. The standard InChI is InChI=1S/C8H7O3P.3C4H9.Sn.H/c9-12(10,11)7-6-8-4-2-1-3-5-8;3*1-3-4-2;;/h1-5H,(H2,9,10,11);3*1,3-4H2,2H3;;. The Morgan fingerprint density at radius 3 is 1.68 bits per heavy atom. The van der Waals surface area contributed by atoms with Gasteiger partial charge in [0.05, 0.1) is 0 Å². The van der Waals surface area contributed by atoms with Crippen LogP contribution in [0.3, 0.4) is 0 Å². The van der Waals surface area contributed by atoms with Gasteiger partial charge in [-0.1, -0.05) is 24.1 Å². The fourth-order valence-electron chi connectivity index (χ4n) is 2.57. The van der Waals surface area contributed by atoms with E-state index in [1.54, 1.807) is 37.6 Å². The van der Waals surface area contributed by atoms with E-state index in [1.807, 2.05) is 11.7 Å². The van der Waals surface area contributed by atoms with Gasteiger partial charge in [-0.25, -0.2) is 4.57 Å². The number of rotatable bonds is 9. The Morgan fingerprint density at radius 2 is 1.32 bits per heavy atom. The summed E-state index contributed by atoms with van der Waals surface area (Å²) in [6.45, 7) is 7.01. The van der Waals surface area contributed by atoms with Crippen LogP contribution in [0, 0.1) is 11.6 Å². The minimum absolute atomic E-state index is 0.598. The molecule has 0 aliphatic rings. The Balaban J connectivity index is 0.000000462. The molecule has 25 heavy (non-hydrogen) atoms. The average Bonchev–Trinajstić information content (AvgIpc) is 2.60. The minimum atomic E-state index is -4.19. The first-order valence-electron chi connectivity index (χ1n) is 9.56. The smallest absolute Gasteiger partial charge is 0.315 e. The van der Waals surface area contributed by atoms with Crippen LogP contribution in [0.25, 0.3) is 0 Å². The van der Waals surface area contributed by atoms with Crippen LogP contribution < -0.4 is 0 Å². The molecule has 0 aliphatic heterocycles. The van der Waals surface area contributed by atoms with Gasteiger partial charge < -0.3 is 9.79 Å². The quantitative estimate of drug-likeness (QED) is 0.272. The molecule has 1 aromatic carbocycles. The van der Waals surface area contributed by atoms with E-state index in [9.17, 15) is 4.57 Å². The molecule has 142 valence electrons. The third-order valence-corrected chi connectivity index (χ3v) is 14.9. The molecule has 0 unspecified atom stereocenters. The van der Waals surface area contributed by atoms with Crippen LogP contribution >= 0.6 is 7.60 Å². The van der Waals surface area contributed by atoms with Crippen LogP contribution in [0.4, 0.5) is 0 Å². The Bertz CT molecular complexity index is 512. The summed E-state index contributed by atoms with van der Waals surface area (Å²) in [7, 11) is -4.19. The molecule has 1 rings (SSSR count). The minimum Gasteiger partial charge on any atom is -0.315 e. The first-order chi connectivity index (χ1) is 11.9. The number of hydrogen-bond acceptors (Lipinski definition) is 1. The van der Waals surface area contributed by atoms with E-state index < -0.39 is 27.4 Å². The van der Waals surface area contributed by atoms with Crippen molar-refractivity contribution in [2.24, 2.45) is 0 Å². The second-order valence-corrected chi connectivity index (χ2v) is 17.6. The summed E-state index contributed by atoms with van der Waals surface area (Å²) < 4.78 is 15.4. The van der Waals surface area contributed by atoms with Crippen LogP contribution in [-0.4, -0.2) is 29.5 Å². The van der Waals surface area contributed by atoms with E-state index in [0.29, 0.717) is 5.56 Å². The Hall–Kier alpha value is -0.271. The van der Waals surface area contributed by atoms with Gasteiger partial charge in [0.2, 0.25) is 0 Å². The summed E-state index contributed by atoms with van der Waals surface area (Å²) in [5.41, 5.74) is 2.45. The third-order valence-electron chi connectivity index (χ3n) is 4.02. The Kier molecular flexibility index (Phi) is 15.8. The van der Waals surface area contributed by atoms with Crippen LogP contribution in [0.5, 0.6) is 0 Å². The van der Waals surface area contributed by atoms with Crippen LogP contribution in [0.15, 0.2) is 30.3 Å². The maximum Gasteiger partial charge on any atom is 0.400 e. The van der Waals surface area contributed by atoms with Crippen molar-refractivity contribution in [1.82, 2.24) is 0 Å². The van der Waals surface area contributed by atoms with Crippen molar-refractivity contribution in [3.05, 3.63) is 35.9 Å². The molecule has 0 saturated heterocycles. The van der Waals surface area contributed by atoms with Gasteiger partial charge in [0, 0.05) is 11.2 Å². The first kappa shape index (κ1) is 24.7. The zero-order valence-electron chi connectivity index (χ0n) is 16.1. The fraction of sp³-hybridized carbons (Fsp3) is 0.600. The van der Waals surface area contributed by atoms with Gasteiger partial charge in [-0.15, -0.1) is 0 Å². The van der Waals surface area contributed by atoms with Gasteiger partial charge in [-0.2, -0.15) is 0 Å². The van der Waals surface area contributed by atoms with Crippen molar-refractivity contribution < 1.29 is 14.4 Å². The summed E-state index contributed by atoms with van der Waals surface area (Å²) in [4.78, 5) is 16.8. The molecule has 0 fully saturated rings. The molecule has 0 aliphatic carbocycles. The molecule has 2 N–H and O–H groups in total. The predicted octanol–water partition coefficient (Wildman–Crippen LogP) is 5.79. The van der Waals surface area contributed by atoms with Gasteiger partial charge in [0.25, 0.3) is 0 Å². The number of benzene rings is 1. The predicted molar refractivity (Wildman–Crippen MR) is 112 cm³/mol. The Labute approximate surface area is 161 Å². The first-order valence-corrected chi connectivity index (χ1v) is 18.2. The molecular weight excluding hydrogens is 438 g/mol. The molecule has 3 nitrogen and oxygen atoms in total. The summed E-state index contributed by atoms with van der Waals surface area (Å²) in [6.07, 6.45) is 8.87. The van der Waals surface area contributed by atoms with Crippen molar-refractivity contribution in [3.63, 3.8) is 0 Å². The van der Waals surface area contributed by atoms with E-state index >= 15 is 0 Å². The second-order valence-electron chi connectivity index (χ2n) is 6.44. The molecule has 0 spiro atoms. The molecule has 5 heteroatoms. The van der Waals surface area contributed by atoms with E-state index in [0.717, 1.165) is 0 Å². The third kappa shape index (κ3) is 16.9. The number of hydrogen-bond donors (Lipinski definition) is 2. The zero-order chi connectivity index (χ0) is 19.0. The average molecular weight is 473 g/mol. The van der Waals surface area contributed by atoms with Crippen LogP contribution in [-0.2, 0) is 4.57 Å².